The van der Waals surface area contributed by atoms with E-state index in [2.05, 4.69) is 23.5 Å². The lowest BCUT2D eigenvalue weighted by Crippen LogP contribution is -2.44. The molecule has 0 bridgehead atoms. The average molecular weight is 336 g/mol. The Morgan fingerprint density at radius 1 is 1.00 bits per heavy atom. The fourth-order valence-corrected chi connectivity index (χ4v) is 3.73. The minimum Gasteiger partial charge on any atom is -0.378 e. The van der Waals surface area contributed by atoms with Crippen molar-refractivity contribution in [2.75, 3.05) is 31.6 Å². The molecular weight excluding hydrogens is 312 g/mol. The van der Waals surface area contributed by atoms with Crippen molar-refractivity contribution >= 4 is 11.6 Å². The van der Waals surface area contributed by atoms with Gasteiger partial charge in [0.25, 0.3) is 0 Å². The van der Waals surface area contributed by atoms with Crippen LogP contribution in [0.3, 0.4) is 0 Å². The van der Waals surface area contributed by atoms with E-state index in [1.165, 1.54) is 24.0 Å². The molecule has 0 aromatic heterocycles. The molecule has 4 heteroatoms. The molecular formula is C21H24N2O2. The number of rotatable bonds is 4. The van der Waals surface area contributed by atoms with Crippen molar-refractivity contribution in [1.29, 1.82) is 0 Å². The molecule has 130 valence electrons. The maximum Gasteiger partial charge on any atom is 0.249 e. The lowest BCUT2D eigenvalue weighted by molar-refractivity contribution is -0.136. The number of anilines is 1. The van der Waals surface area contributed by atoms with Gasteiger partial charge in [0.1, 0.15) is 6.04 Å². The Kier molecular flexibility index (Phi) is 4.70. The van der Waals surface area contributed by atoms with E-state index in [4.69, 9.17) is 4.74 Å². The highest BCUT2D eigenvalue weighted by atomic mass is 16.5. The molecule has 1 N–H and O–H groups in total. The highest BCUT2D eigenvalue weighted by molar-refractivity contribution is 5.86. The number of hydrogen-bond acceptors (Lipinski definition) is 3. The zero-order chi connectivity index (χ0) is 17.1. The number of ether oxygens (including phenoxy) is 1. The number of hydrogen-bond donors (Lipinski definition) is 1. The van der Waals surface area contributed by atoms with Gasteiger partial charge in [-0.2, -0.15) is 0 Å². The summed E-state index contributed by atoms with van der Waals surface area (Å²) in [6.45, 7) is 2.56. The summed E-state index contributed by atoms with van der Waals surface area (Å²) in [5, 5.41) is 3.49. The first-order valence-electron chi connectivity index (χ1n) is 9.11. The van der Waals surface area contributed by atoms with Crippen LogP contribution in [-0.2, 0) is 22.4 Å². The van der Waals surface area contributed by atoms with Crippen LogP contribution in [0.5, 0.6) is 0 Å². The quantitative estimate of drug-likeness (QED) is 0.932. The van der Waals surface area contributed by atoms with Crippen LogP contribution >= 0.6 is 0 Å². The molecule has 4 nitrogen and oxygen atoms in total. The van der Waals surface area contributed by atoms with E-state index in [1.807, 2.05) is 35.2 Å². The van der Waals surface area contributed by atoms with Gasteiger partial charge in [-0.1, -0.05) is 36.4 Å². The lowest BCUT2D eigenvalue weighted by Gasteiger charge is -2.31. The summed E-state index contributed by atoms with van der Waals surface area (Å²) >= 11 is 0. The largest absolute Gasteiger partial charge is 0.378 e. The smallest absolute Gasteiger partial charge is 0.249 e. The van der Waals surface area contributed by atoms with Crippen LogP contribution in [0.25, 0.3) is 0 Å². The summed E-state index contributed by atoms with van der Waals surface area (Å²) in [7, 11) is 0. The number of carbonyl (C=O) groups is 1. The van der Waals surface area contributed by atoms with Gasteiger partial charge < -0.3 is 15.0 Å². The molecule has 1 saturated heterocycles. The molecule has 0 saturated carbocycles. The number of fused-ring (bicyclic) bond motifs is 1. The number of benzene rings is 2. The maximum atomic E-state index is 13.1. The second-order valence-electron chi connectivity index (χ2n) is 6.76. The highest BCUT2D eigenvalue weighted by Crippen LogP contribution is 2.28. The van der Waals surface area contributed by atoms with Crippen LogP contribution in [0.1, 0.15) is 29.2 Å². The van der Waals surface area contributed by atoms with E-state index in [9.17, 15) is 4.79 Å². The normalized spacial score (nSPS) is 17.8. The van der Waals surface area contributed by atoms with Crippen molar-refractivity contribution < 1.29 is 9.53 Å². The van der Waals surface area contributed by atoms with E-state index in [-0.39, 0.29) is 11.9 Å². The van der Waals surface area contributed by atoms with Crippen LogP contribution in [0.2, 0.25) is 0 Å². The molecule has 0 spiro atoms. The third-order valence-corrected chi connectivity index (χ3v) is 5.11. The van der Waals surface area contributed by atoms with E-state index >= 15 is 0 Å². The van der Waals surface area contributed by atoms with E-state index in [1.54, 1.807) is 0 Å². The Hall–Kier alpha value is -2.33. The summed E-state index contributed by atoms with van der Waals surface area (Å²) in [5.41, 5.74) is 4.88. The molecule has 2 aromatic rings. The van der Waals surface area contributed by atoms with Crippen molar-refractivity contribution in [2.24, 2.45) is 0 Å². The zero-order valence-electron chi connectivity index (χ0n) is 14.4. The maximum absolute atomic E-state index is 13.1. The van der Waals surface area contributed by atoms with Gasteiger partial charge in [0.05, 0.1) is 13.2 Å². The van der Waals surface area contributed by atoms with Crippen molar-refractivity contribution in [2.45, 2.75) is 25.3 Å². The average Bonchev–Trinajstić information content (AvgIpc) is 3.15. The van der Waals surface area contributed by atoms with Gasteiger partial charge >= 0.3 is 0 Å². The molecule has 1 fully saturated rings. The molecule has 25 heavy (non-hydrogen) atoms. The summed E-state index contributed by atoms with van der Waals surface area (Å²) in [5.74, 6) is 0.120. The fourth-order valence-electron chi connectivity index (χ4n) is 3.73. The van der Waals surface area contributed by atoms with Gasteiger partial charge in [-0.25, -0.2) is 0 Å². The highest BCUT2D eigenvalue weighted by Gasteiger charge is 2.27. The lowest BCUT2D eigenvalue weighted by atomic mass is 10.0. The van der Waals surface area contributed by atoms with Crippen molar-refractivity contribution in [3.63, 3.8) is 0 Å². The Balaban J connectivity index is 1.60. The molecule has 1 atom stereocenters. The third kappa shape index (κ3) is 3.54. The molecule has 4 rings (SSSR count). The van der Waals surface area contributed by atoms with Crippen LogP contribution in [0, 0.1) is 0 Å². The van der Waals surface area contributed by atoms with E-state index in [0.29, 0.717) is 26.3 Å². The van der Waals surface area contributed by atoms with Crippen molar-refractivity contribution in [3.8, 4) is 0 Å². The van der Waals surface area contributed by atoms with Gasteiger partial charge in [0.2, 0.25) is 5.91 Å². The van der Waals surface area contributed by atoms with Crippen molar-refractivity contribution in [3.05, 3.63) is 65.2 Å². The van der Waals surface area contributed by atoms with Gasteiger partial charge in [-0.05, 0) is 48.1 Å². The predicted molar refractivity (Wildman–Crippen MR) is 98.7 cm³/mol. The molecule has 0 unspecified atom stereocenters. The van der Waals surface area contributed by atoms with E-state index < -0.39 is 0 Å². The SMILES string of the molecule is O=C([C@@H](Nc1ccc2c(c1)CCC2)c1ccccc1)N1CCOCC1. The van der Waals surface area contributed by atoms with Gasteiger partial charge in [0, 0.05) is 18.8 Å². The summed E-state index contributed by atoms with van der Waals surface area (Å²) in [4.78, 5) is 15.0. The zero-order valence-corrected chi connectivity index (χ0v) is 14.4. The number of aryl methyl sites for hydroxylation is 2. The first-order valence-corrected chi connectivity index (χ1v) is 9.11. The summed E-state index contributed by atoms with van der Waals surface area (Å²) in [6, 6.07) is 16.1. The Morgan fingerprint density at radius 3 is 2.56 bits per heavy atom. The van der Waals surface area contributed by atoms with Gasteiger partial charge in [0.15, 0.2) is 0 Å². The standard InChI is InChI=1S/C21H24N2O2/c24-21(23-11-13-25-14-12-23)20(17-5-2-1-3-6-17)22-19-10-9-16-7-4-8-18(16)15-19/h1-3,5-6,9-10,15,20,22H,4,7-8,11-14H2/t20-/m0/s1. The van der Waals surface area contributed by atoms with E-state index in [0.717, 1.165) is 17.7 Å². The van der Waals surface area contributed by atoms with Crippen LogP contribution in [-0.4, -0.2) is 37.1 Å². The first-order chi connectivity index (χ1) is 12.3. The molecule has 1 heterocycles. The number of morpholine rings is 1. The molecule has 1 aliphatic heterocycles. The Bertz CT molecular complexity index is 739. The first kappa shape index (κ1) is 16.2. The van der Waals surface area contributed by atoms with Gasteiger partial charge in [-0.3, -0.25) is 4.79 Å². The monoisotopic (exact) mass is 336 g/mol. The topological polar surface area (TPSA) is 41.6 Å². The molecule has 2 aliphatic rings. The minimum absolute atomic E-state index is 0.120. The predicted octanol–water partition coefficient (Wildman–Crippen LogP) is 3.19. The second-order valence-corrected chi connectivity index (χ2v) is 6.76. The molecule has 1 amide bonds. The third-order valence-electron chi connectivity index (χ3n) is 5.11. The molecule has 2 aromatic carbocycles. The van der Waals surface area contributed by atoms with Crippen LogP contribution < -0.4 is 5.32 Å². The molecule has 1 aliphatic carbocycles. The van der Waals surface area contributed by atoms with Crippen LogP contribution in [0.15, 0.2) is 48.5 Å². The summed E-state index contributed by atoms with van der Waals surface area (Å²) in [6.07, 6.45) is 3.54. The Morgan fingerprint density at radius 2 is 1.76 bits per heavy atom. The second kappa shape index (κ2) is 7.28. The summed E-state index contributed by atoms with van der Waals surface area (Å²) < 4.78 is 5.39. The van der Waals surface area contributed by atoms with Crippen molar-refractivity contribution in [1.82, 2.24) is 4.90 Å². The minimum atomic E-state index is -0.362. The van der Waals surface area contributed by atoms with Crippen LogP contribution in [0.4, 0.5) is 5.69 Å². The fraction of sp³-hybridized carbons (Fsp3) is 0.381. The Labute approximate surface area is 148 Å². The number of nitrogens with zero attached hydrogens (tertiary/aromatic N) is 1. The van der Waals surface area contributed by atoms with Gasteiger partial charge in [-0.15, -0.1) is 0 Å². The number of amides is 1. The molecule has 0 radical (unpaired) electrons. The number of carbonyl (C=O) groups excluding carboxylic acids is 1. The number of nitrogens with one attached hydrogen (secondary N) is 1.